The van der Waals surface area contributed by atoms with E-state index in [4.69, 9.17) is 0 Å². The molecule has 0 unspecified atom stereocenters. The molecule has 5 nitrogen and oxygen atoms in total. The fraction of sp³-hybridized carbons (Fsp3) is 0.579. The lowest BCUT2D eigenvalue weighted by Crippen LogP contribution is -2.93. The van der Waals surface area contributed by atoms with Crippen LogP contribution in [0.15, 0.2) is 24.3 Å². The highest BCUT2D eigenvalue weighted by atomic mass is 16.2. The molecule has 1 fully saturated rings. The van der Waals surface area contributed by atoms with Gasteiger partial charge in [-0.25, -0.2) is 4.79 Å². The first-order valence-electron chi connectivity index (χ1n) is 8.97. The Morgan fingerprint density at radius 2 is 1.92 bits per heavy atom. The van der Waals surface area contributed by atoms with Crippen LogP contribution in [0.3, 0.4) is 0 Å². The largest absolute Gasteiger partial charge is 0.336 e. The molecule has 1 aromatic rings. The summed E-state index contributed by atoms with van der Waals surface area (Å²) in [6.07, 6.45) is 2.23. The van der Waals surface area contributed by atoms with Crippen molar-refractivity contribution in [2.24, 2.45) is 5.92 Å². The summed E-state index contributed by atoms with van der Waals surface area (Å²) in [5.41, 5.74) is 2.58. The maximum Gasteiger partial charge on any atom is 0.324 e. The Bertz CT molecular complexity index is 568. The Morgan fingerprint density at radius 1 is 1.25 bits per heavy atom. The van der Waals surface area contributed by atoms with Crippen LogP contribution in [0.1, 0.15) is 51.3 Å². The van der Waals surface area contributed by atoms with Crippen molar-refractivity contribution < 1.29 is 14.9 Å². The third kappa shape index (κ3) is 4.35. The van der Waals surface area contributed by atoms with Crippen LogP contribution in [0.5, 0.6) is 0 Å². The van der Waals surface area contributed by atoms with Gasteiger partial charge in [0.1, 0.15) is 6.04 Å². The number of carbonyl (C=O) groups is 2. The van der Waals surface area contributed by atoms with Crippen LogP contribution in [0.2, 0.25) is 0 Å². The Morgan fingerprint density at radius 3 is 2.42 bits per heavy atom. The third-order valence-corrected chi connectivity index (χ3v) is 4.63. The van der Waals surface area contributed by atoms with E-state index in [2.05, 4.69) is 55.7 Å². The van der Waals surface area contributed by atoms with E-state index in [0.717, 1.165) is 12.8 Å². The number of imide groups is 1. The summed E-state index contributed by atoms with van der Waals surface area (Å²) in [5.74, 6) is 0.280. The van der Waals surface area contributed by atoms with Crippen molar-refractivity contribution >= 4 is 11.9 Å². The van der Waals surface area contributed by atoms with Crippen LogP contribution in [-0.2, 0) is 11.2 Å². The van der Waals surface area contributed by atoms with E-state index >= 15 is 0 Å². The molecular weight excluding hydrogens is 302 g/mol. The molecule has 0 spiro atoms. The van der Waals surface area contributed by atoms with E-state index in [1.807, 2.05) is 6.92 Å². The van der Waals surface area contributed by atoms with E-state index in [-0.39, 0.29) is 24.0 Å². The van der Waals surface area contributed by atoms with Crippen LogP contribution in [0.4, 0.5) is 4.79 Å². The average molecular weight is 332 g/mol. The van der Waals surface area contributed by atoms with Crippen LogP contribution >= 0.6 is 0 Å². The number of rotatable bonds is 7. The van der Waals surface area contributed by atoms with Crippen molar-refractivity contribution in [3.05, 3.63) is 35.4 Å². The lowest BCUT2D eigenvalue weighted by atomic mass is 9.94. The number of aryl methyl sites for hydroxylation is 1. The fourth-order valence-corrected chi connectivity index (χ4v) is 3.23. The van der Waals surface area contributed by atoms with Crippen LogP contribution in [0.25, 0.3) is 0 Å². The summed E-state index contributed by atoms with van der Waals surface area (Å²) in [7, 11) is 0. The fourth-order valence-electron chi connectivity index (χ4n) is 3.23. The van der Waals surface area contributed by atoms with Gasteiger partial charge in [0.25, 0.3) is 5.91 Å². The zero-order valence-corrected chi connectivity index (χ0v) is 15.2. The minimum absolute atomic E-state index is 0.113. The molecule has 3 amide bonds. The minimum Gasteiger partial charge on any atom is -0.336 e. The van der Waals surface area contributed by atoms with Gasteiger partial charge >= 0.3 is 6.03 Å². The van der Waals surface area contributed by atoms with E-state index in [0.29, 0.717) is 19.0 Å². The molecule has 1 heterocycles. The molecule has 0 saturated carbocycles. The molecule has 2 rings (SSSR count). The molecule has 0 aromatic heterocycles. The molecule has 0 aliphatic carbocycles. The average Bonchev–Trinajstić information content (AvgIpc) is 2.98. The van der Waals surface area contributed by atoms with Crippen LogP contribution in [-0.4, -0.2) is 36.0 Å². The number of nitrogens with two attached hydrogens (primary N) is 1. The highest BCUT2D eigenvalue weighted by molar-refractivity contribution is 5.97. The van der Waals surface area contributed by atoms with Crippen LogP contribution in [0, 0.1) is 5.92 Å². The number of nitrogens with one attached hydrogen (secondary N) is 1. The molecule has 24 heavy (non-hydrogen) atoms. The molecular formula is C19H30N3O2+. The highest BCUT2D eigenvalue weighted by Crippen LogP contribution is 2.19. The number of amides is 3. The Balaban J connectivity index is 2.07. The van der Waals surface area contributed by atoms with Crippen molar-refractivity contribution in [3.8, 4) is 0 Å². The molecule has 3 N–H and O–H groups in total. The van der Waals surface area contributed by atoms with E-state index in [9.17, 15) is 9.59 Å². The van der Waals surface area contributed by atoms with Crippen molar-refractivity contribution in [3.63, 3.8) is 0 Å². The third-order valence-electron chi connectivity index (χ3n) is 4.63. The molecule has 5 heteroatoms. The van der Waals surface area contributed by atoms with Gasteiger partial charge in [0, 0.05) is 24.6 Å². The number of hydrogen-bond acceptors (Lipinski definition) is 2. The van der Waals surface area contributed by atoms with Crippen molar-refractivity contribution in [2.45, 2.75) is 52.6 Å². The molecule has 0 radical (unpaired) electrons. The van der Waals surface area contributed by atoms with Gasteiger partial charge in [0.15, 0.2) is 6.04 Å². The molecule has 132 valence electrons. The number of quaternary nitrogens is 1. The summed E-state index contributed by atoms with van der Waals surface area (Å²) in [4.78, 5) is 25.5. The molecule has 1 aliphatic heterocycles. The van der Waals surface area contributed by atoms with E-state index < -0.39 is 0 Å². The first-order chi connectivity index (χ1) is 11.4. The topological polar surface area (TPSA) is 66.0 Å². The second-order valence-electron chi connectivity index (χ2n) is 6.96. The van der Waals surface area contributed by atoms with Gasteiger partial charge < -0.3 is 10.6 Å². The quantitative estimate of drug-likeness (QED) is 0.800. The number of nitrogens with zero attached hydrogens (tertiary/aromatic N) is 1. The van der Waals surface area contributed by atoms with Gasteiger partial charge in [0.05, 0.1) is 0 Å². The van der Waals surface area contributed by atoms with Crippen molar-refractivity contribution in [2.75, 3.05) is 13.1 Å². The summed E-state index contributed by atoms with van der Waals surface area (Å²) in [6, 6.07) is 8.36. The van der Waals surface area contributed by atoms with Crippen molar-refractivity contribution in [1.29, 1.82) is 0 Å². The molecule has 1 aromatic carbocycles. The lowest BCUT2D eigenvalue weighted by molar-refractivity contribution is -0.719. The first-order valence-corrected chi connectivity index (χ1v) is 8.97. The smallest absolute Gasteiger partial charge is 0.324 e. The predicted molar refractivity (Wildman–Crippen MR) is 94.5 cm³/mol. The van der Waals surface area contributed by atoms with Gasteiger partial charge in [-0.1, -0.05) is 51.5 Å². The lowest BCUT2D eigenvalue weighted by Gasteiger charge is -2.25. The predicted octanol–water partition coefficient (Wildman–Crippen LogP) is 1.84. The Kier molecular flexibility index (Phi) is 6.37. The van der Waals surface area contributed by atoms with E-state index in [1.54, 1.807) is 0 Å². The summed E-state index contributed by atoms with van der Waals surface area (Å²) >= 11 is 0. The standard InChI is InChI=1S/C19H29N3O2/c1-5-6-15-7-9-16(10-8-15)17(13(2)3)21-14(4)18(23)22-12-11-20-19(22)24/h7-10,13-14,17,21H,5-6,11-12H2,1-4H3,(H,20,24)/p+1/t14-,17-/m1/s1. The summed E-state index contributed by atoms with van der Waals surface area (Å²) in [6.45, 7) is 9.41. The minimum atomic E-state index is -0.281. The highest BCUT2D eigenvalue weighted by Gasteiger charge is 2.33. The van der Waals surface area contributed by atoms with Gasteiger partial charge in [0.2, 0.25) is 0 Å². The SMILES string of the molecule is CCCc1ccc([C@H]([NH2+][C@H](C)C(=O)N2CCNC2=O)C(C)C)cc1. The maximum atomic E-state index is 12.5. The summed E-state index contributed by atoms with van der Waals surface area (Å²) < 4.78 is 0. The van der Waals surface area contributed by atoms with Gasteiger partial charge in [-0.05, 0) is 18.9 Å². The zero-order valence-electron chi connectivity index (χ0n) is 15.2. The molecule has 1 saturated heterocycles. The second-order valence-corrected chi connectivity index (χ2v) is 6.96. The summed E-state index contributed by atoms with van der Waals surface area (Å²) in [5, 5.41) is 4.77. The number of carbonyl (C=O) groups excluding carboxylic acids is 2. The van der Waals surface area contributed by atoms with Crippen molar-refractivity contribution in [1.82, 2.24) is 10.2 Å². The first kappa shape index (κ1) is 18.5. The zero-order chi connectivity index (χ0) is 17.7. The van der Waals surface area contributed by atoms with E-state index in [1.165, 1.54) is 16.0 Å². The van der Waals surface area contributed by atoms with Gasteiger partial charge in [-0.3, -0.25) is 9.69 Å². The normalized spacial score (nSPS) is 17.0. The molecule has 1 aliphatic rings. The molecule has 2 atom stereocenters. The number of benzene rings is 1. The number of hydrogen-bond donors (Lipinski definition) is 2. The Labute approximate surface area is 144 Å². The number of urea groups is 1. The Hall–Kier alpha value is -1.88. The second kappa shape index (κ2) is 8.29. The maximum absolute atomic E-state index is 12.5. The van der Waals surface area contributed by atoms with Crippen LogP contribution < -0.4 is 10.6 Å². The molecule has 0 bridgehead atoms. The van der Waals surface area contributed by atoms with Gasteiger partial charge in [-0.15, -0.1) is 0 Å². The monoisotopic (exact) mass is 332 g/mol. The van der Waals surface area contributed by atoms with Gasteiger partial charge in [-0.2, -0.15) is 0 Å².